The van der Waals surface area contributed by atoms with Gasteiger partial charge in [0.05, 0.1) is 0 Å². The molecule has 0 spiro atoms. The predicted octanol–water partition coefficient (Wildman–Crippen LogP) is 1.78. The van der Waals surface area contributed by atoms with E-state index in [2.05, 4.69) is 105 Å². The summed E-state index contributed by atoms with van der Waals surface area (Å²) >= 11 is 0. The highest BCUT2D eigenvalue weighted by molar-refractivity contribution is 5.81. The fraction of sp³-hybridized carbons (Fsp3) is 0.896. The molecule has 10 amide bonds. The highest BCUT2D eigenvalue weighted by atomic mass is 16.2. The van der Waals surface area contributed by atoms with Crippen molar-refractivity contribution in [3.05, 3.63) is 0 Å². The molecule has 15 atom stereocenters. The SMILES string of the molecule is CC(C)C(=O)NC[C@@H](N)CCC(N)C(C)C.CC(C)C(=O)NC[C@@H](N)CCCN.CC(C)C(=O)NC[C@@H](N)CCCN=C(N)N.CC(C)C(=O)NC[C@@H](N)CCN.CC(C)C(=O)NC[C@@H](N)CN.CC(C)C(=O)NC[C@@H]1CC(C(C)(C)N)CN1.CC(C)C(=O)NC[C@H](N)CCCN.CC(C)C(=O)NC[C@H]1CC[C@@H](CN)C1.CC(C)C(=O)NC[C@H]1CC[C@H](CN)C1.CC(C)CC(=O)NC[C@@H](N)CCCN.CC(C)[C@@H](N)CCCN. The van der Waals surface area contributed by atoms with Crippen LogP contribution in [-0.4, -0.2) is 262 Å². The van der Waals surface area contributed by atoms with Gasteiger partial charge in [-0.25, -0.2) is 0 Å². The van der Waals surface area contributed by atoms with Crippen LogP contribution in [0.4, 0.5) is 0 Å². The second-order valence-electron chi connectivity index (χ2n) is 44.6. The van der Waals surface area contributed by atoms with Gasteiger partial charge in [-0.3, -0.25) is 52.9 Å². The second-order valence-corrected chi connectivity index (χ2v) is 44.6. The van der Waals surface area contributed by atoms with Crippen molar-refractivity contribution in [3.8, 4) is 0 Å². The van der Waals surface area contributed by atoms with E-state index in [9.17, 15) is 47.9 Å². The lowest BCUT2D eigenvalue weighted by Crippen LogP contribution is -2.42. The van der Waals surface area contributed by atoms with E-state index >= 15 is 0 Å². The van der Waals surface area contributed by atoms with Crippen LogP contribution in [0.5, 0.6) is 0 Å². The number of carbonyl (C=O) groups excluding carboxylic acids is 10. The number of carbonyl (C=O) groups is 10. The van der Waals surface area contributed by atoms with Crippen molar-refractivity contribution in [1.29, 1.82) is 0 Å². The Kier molecular flexibility index (Phi) is 104. The average Bonchev–Trinajstić information content (AvgIpc) is 1.72. The summed E-state index contributed by atoms with van der Waals surface area (Å²) in [5.74, 6) is 5.95. The van der Waals surface area contributed by atoms with E-state index in [0.29, 0.717) is 157 Å². The molecule has 0 aromatic rings. The maximum atomic E-state index is 11.4. The molecule has 42 nitrogen and oxygen atoms in total. The molecule has 3 rings (SSSR count). The van der Waals surface area contributed by atoms with E-state index in [1.165, 1.54) is 38.5 Å². The number of hydrogen-bond acceptors (Lipinski definition) is 30. The zero-order valence-corrected chi connectivity index (χ0v) is 98.2. The number of amides is 10. The average molecular weight is 2120 g/mol. The standard InChI is InChI=1S/C12H25N3O.C12H27N3O.2C11H22N2O.C10H23N5O.C10H23N3O.2C9H21N3O.C8H19N3O.C7H17N3O.C7H18N2/c1-8(2)11(16)15-7-10-5-9(6-14-10)12(3,4)13;1-8(2)11(14)6-5-10(13)7-15-12(16)9(3)4;2*1-8(2)11(14)13-7-10-4-3-9(5-10)6-12;1-7(2)9(16)15-6-8(11)4-3-5-14-10(12)13;1-8(2)6-10(14)13-7-9(12)4-3-5-11;2*1-7(2)9(13)12-6-8(11)4-3-5-10;1-6(2)8(12)11-5-7(10)3-4-9;1-5(2)7(11)10-4-6(9)3-8;1-6(2)7(9)4-3-5-8/h8-10,14H,5-7,13H2,1-4H3,(H,15,16);8-11H,5-7,13-14H2,1-4H3,(H,15,16);2*8-10H,3-7,12H2,1-2H3,(H,13,14);7-8H,3-6,11H2,1-2H3,(H,15,16)(H4,12,13,14);8-9H,3-7,11-12H2,1-2H3,(H,13,14);2*7-8H,3-6,10-11H2,1-2H3,(H,12,13);6-7H,3-5,9-10H2,1-2H3,(H,11,12);5-6H,3-4,8-9H2,1-2H3,(H,10,11);6-7H,3-5,8-9H2,1-2H3/t9?,10-;10-,11?;9-,10+;9-,10-;8-;9-;2*8-;7-;6-;7-/m00100010000/s1. The largest absolute Gasteiger partial charge is 0.370 e. The number of nitrogens with one attached hydrogen (secondary N) is 11. The Balaban J connectivity index is -0.000000244. The van der Waals surface area contributed by atoms with Crippen LogP contribution in [0, 0.1) is 101 Å². The Morgan fingerprint density at radius 2 is 0.574 bits per heavy atom. The topological polar surface area (TPSA) is 836 Å². The molecule has 2 saturated carbocycles. The minimum Gasteiger partial charge on any atom is -0.370 e. The first-order chi connectivity index (χ1) is 68.9. The zero-order valence-electron chi connectivity index (χ0n) is 98.2. The van der Waals surface area contributed by atoms with Crippen LogP contribution in [0.1, 0.15) is 315 Å². The molecule has 1 saturated heterocycles. The van der Waals surface area contributed by atoms with Crippen molar-refractivity contribution in [2.75, 3.05) is 131 Å². The Morgan fingerprint density at radius 1 is 0.311 bits per heavy atom. The van der Waals surface area contributed by atoms with E-state index < -0.39 is 0 Å². The molecule has 0 aromatic heterocycles. The summed E-state index contributed by atoms with van der Waals surface area (Å²) in [4.78, 5) is 116. The number of nitrogens with two attached hydrogens (primary N) is 20. The molecule has 51 N–H and O–H groups in total. The van der Waals surface area contributed by atoms with E-state index in [-0.39, 0.29) is 172 Å². The number of aliphatic imine (C=N–C) groups is 1. The molecule has 1 aliphatic heterocycles. The second kappa shape index (κ2) is 98.4. The van der Waals surface area contributed by atoms with Gasteiger partial charge in [-0.1, -0.05) is 166 Å². The van der Waals surface area contributed by atoms with Gasteiger partial charge in [0.2, 0.25) is 59.1 Å². The van der Waals surface area contributed by atoms with Gasteiger partial charge < -0.3 is 173 Å². The predicted molar refractivity (Wildman–Crippen MR) is 618 cm³/mol. The van der Waals surface area contributed by atoms with Crippen molar-refractivity contribution in [3.63, 3.8) is 0 Å². The third kappa shape index (κ3) is 102. The molecular formula is C106H238N32O10. The highest BCUT2D eigenvalue weighted by Crippen LogP contribution is 2.31. The van der Waals surface area contributed by atoms with Crippen LogP contribution < -0.4 is 173 Å². The van der Waals surface area contributed by atoms with Crippen LogP contribution >= 0.6 is 0 Å². The van der Waals surface area contributed by atoms with Gasteiger partial charge in [0, 0.05) is 211 Å². The van der Waals surface area contributed by atoms with Crippen molar-refractivity contribution in [2.24, 2.45) is 220 Å². The van der Waals surface area contributed by atoms with E-state index in [1.54, 1.807) is 0 Å². The third-order valence-corrected chi connectivity index (χ3v) is 24.5. The smallest absolute Gasteiger partial charge is 0.222 e. The van der Waals surface area contributed by atoms with E-state index in [1.807, 2.05) is 138 Å². The summed E-state index contributed by atoms with van der Waals surface area (Å²) in [5, 5.41) is 31.8. The van der Waals surface area contributed by atoms with E-state index in [0.717, 1.165) is 129 Å². The molecule has 2 aliphatic carbocycles. The Hall–Kier alpha value is -6.79. The fourth-order valence-electron chi connectivity index (χ4n) is 13.4. The summed E-state index contributed by atoms with van der Waals surface area (Å²) in [6.45, 7) is 63.4. The number of guanidine groups is 1. The normalized spacial score (nSPS) is 17.3. The summed E-state index contributed by atoms with van der Waals surface area (Å²) < 4.78 is 0. The summed E-state index contributed by atoms with van der Waals surface area (Å²) in [7, 11) is 0. The van der Waals surface area contributed by atoms with Gasteiger partial charge in [0.15, 0.2) is 5.96 Å². The van der Waals surface area contributed by atoms with Gasteiger partial charge in [-0.15, -0.1) is 0 Å². The van der Waals surface area contributed by atoms with Crippen LogP contribution in [0.15, 0.2) is 4.99 Å². The van der Waals surface area contributed by atoms with Crippen LogP contribution in [-0.2, 0) is 47.9 Å². The lowest BCUT2D eigenvalue weighted by Gasteiger charge is -2.26. The molecule has 3 aliphatic rings. The van der Waals surface area contributed by atoms with Gasteiger partial charge in [-0.05, 0) is 235 Å². The van der Waals surface area contributed by atoms with Gasteiger partial charge >= 0.3 is 0 Å². The molecule has 42 heteroatoms. The summed E-state index contributed by atoms with van der Waals surface area (Å²) in [6.07, 6.45) is 20.5. The molecule has 882 valence electrons. The molecule has 0 bridgehead atoms. The minimum atomic E-state index is -0.135. The number of rotatable bonds is 58. The Labute approximate surface area is 898 Å². The van der Waals surface area contributed by atoms with Gasteiger partial charge in [0.25, 0.3) is 0 Å². The zero-order chi connectivity index (χ0) is 116. The first-order valence-corrected chi connectivity index (χ1v) is 55.6. The molecule has 0 aromatic carbocycles. The van der Waals surface area contributed by atoms with Crippen molar-refractivity contribution in [1.82, 2.24) is 58.5 Å². The molecule has 1 heterocycles. The van der Waals surface area contributed by atoms with Crippen LogP contribution in [0.3, 0.4) is 0 Å². The molecule has 2 unspecified atom stereocenters. The Bertz CT molecular complexity index is 3190. The summed E-state index contributed by atoms with van der Waals surface area (Å²) in [5.41, 5.74) is 111. The third-order valence-electron chi connectivity index (χ3n) is 24.5. The van der Waals surface area contributed by atoms with Gasteiger partial charge in [0.1, 0.15) is 0 Å². The lowest BCUT2D eigenvalue weighted by molar-refractivity contribution is -0.124. The maximum Gasteiger partial charge on any atom is 0.222 e. The van der Waals surface area contributed by atoms with E-state index in [4.69, 9.17) is 115 Å². The van der Waals surface area contributed by atoms with Gasteiger partial charge in [-0.2, -0.15) is 0 Å². The van der Waals surface area contributed by atoms with Crippen molar-refractivity contribution >= 4 is 65.0 Å². The van der Waals surface area contributed by atoms with Crippen molar-refractivity contribution in [2.45, 2.75) is 381 Å². The molecule has 3 fully saturated rings. The lowest BCUT2D eigenvalue weighted by atomic mass is 9.86. The fourth-order valence-corrected chi connectivity index (χ4v) is 13.4. The van der Waals surface area contributed by atoms with Crippen LogP contribution in [0.2, 0.25) is 0 Å². The Morgan fingerprint density at radius 3 is 0.831 bits per heavy atom. The van der Waals surface area contributed by atoms with Crippen molar-refractivity contribution < 1.29 is 47.9 Å². The highest BCUT2D eigenvalue weighted by Gasteiger charge is 2.34. The first kappa shape index (κ1) is 156. The molecule has 0 radical (unpaired) electrons. The monoisotopic (exact) mass is 2120 g/mol. The first-order valence-electron chi connectivity index (χ1n) is 55.6. The molecule has 148 heavy (non-hydrogen) atoms. The minimum absolute atomic E-state index is 0.00571. The maximum absolute atomic E-state index is 11.4. The number of hydrogen-bond donors (Lipinski definition) is 31. The number of nitrogens with zero attached hydrogens (tertiary/aromatic N) is 1. The quantitative estimate of drug-likeness (QED) is 0.0234. The summed E-state index contributed by atoms with van der Waals surface area (Å²) in [6, 6.07) is 0.836. The van der Waals surface area contributed by atoms with Crippen LogP contribution in [0.25, 0.3) is 0 Å². The molecular weight excluding hydrogens is 1880 g/mol.